The molecule has 0 radical (unpaired) electrons. The van der Waals surface area contributed by atoms with E-state index < -0.39 is 0 Å². The second-order valence-corrected chi connectivity index (χ2v) is 13.7. The summed E-state index contributed by atoms with van der Waals surface area (Å²) in [5.41, 5.74) is 8.16. The van der Waals surface area contributed by atoms with Crippen molar-refractivity contribution in [3.8, 4) is 0 Å². The van der Waals surface area contributed by atoms with Gasteiger partial charge in [-0.15, -0.1) is 0 Å². The topological polar surface area (TPSA) is 6.48 Å². The number of hydrogen-bond donors (Lipinski definition) is 0. The van der Waals surface area contributed by atoms with Crippen LogP contribution in [0.25, 0.3) is 0 Å². The van der Waals surface area contributed by atoms with Gasteiger partial charge in [-0.2, -0.15) is 0 Å². The molecule has 0 aromatic heterocycles. The van der Waals surface area contributed by atoms with Gasteiger partial charge in [0, 0.05) is 0 Å². The van der Waals surface area contributed by atoms with E-state index in [1.807, 2.05) is 0 Å². The fourth-order valence-corrected chi connectivity index (χ4v) is 11.0. The average Bonchev–Trinajstić information content (AvgIpc) is 2.73. The van der Waals surface area contributed by atoms with Crippen LogP contribution in [0.1, 0.15) is 98.7 Å². The lowest BCUT2D eigenvalue weighted by atomic mass is 9.98. The van der Waals surface area contributed by atoms with E-state index in [2.05, 4.69) is 63.8 Å². The van der Waals surface area contributed by atoms with Crippen molar-refractivity contribution >= 4 is 7.92 Å². The number of benzene rings is 1. The van der Waals surface area contributed by atoms with Gasteiger partial charge in [-0.25, -0.2) is 0 Å². The van der Waals surface area contributed by atoms with Gasteiger partial charge in [0.15, 0.2) is 0 Å². The summed E-state index contributed by atoms with van der Waals surface area (Å²) in [6, 6.07) is 4.91. The Morgan fingerprint density at radius 1 is 0.774 bits per heavy atom. The molecule has 1 aromatic rings. The van der Waals surface area contributed by atoms with Gasteiger partial charge in [0.2, 0.25) is 0 Å². The summed E-state index contributed by atoms with van der Waals surface area (Å²) < 4.78 is 0. The van der Waals surface area contributed by atoms with Crippen LogP contribution in [0.3, 0.4) is 0 Å². The van der Waals surface area contributed by atoms with Crippen molar-refractivity contribution in [2.45, 2.75) is 109 Å². The Morgan fingerprint density at radius 3 is 1.71 bits per heavy atom. The summed E-state index contributed by atoms with van der Waals surface area (Å²) in [6.45, 7) is 9.46. The second-order valence-electron chi connectivity index (χ2n) is 10.9. The van der Waals surface area contributed by atoms with Crippen LogP contribution in [0.2, 0.25) is 0 Å². The Bertz CT molecular complexity index is 633. The smallest absolute Gasteiger partial charge is 0.0554 e. The fourth-order valence-electron chi connectivity index (χ4n) is 6.41. The highest BCUT2D eigenvalue weighted by molar-refractivity contribution is 7.59. The van der Waals surface area contributed by atoms with E-state index in [4.69, 9.17) is 0 Å². The van der Waals surface area contributed by atoms with E-state index in [0.29, 0.717) is 5.78 Å². The molecular weight excluding hydrogens is 395 g/mol. The molecule has 176 valence electrons. The number of hydrogen-bond acceptors (Lipinski definition) is 2. The quantitative estimate of drug-likeness (QED) is 0.361. The summed E-state index contributed by atoms with van der Waals surface area (Å²) in [7, 11) is 6.84. The molecule has 3 rings (SSSR count). The lowest BCUT2D eigenvalue weighted by Gasteiger charge is -2.47. The van der Waals surface area contributed by atoms with E-state index in [-0.39, 0.29) is 7.92 Å². The third-order valence-corrected chi connectivity index (χ3v) is 11.7. The Labute approximate surface area is 194 Å². The normalized spacial score (nSPS) is 20.2. The lowest BCUT2D eigenvalue weighted by molar-refractivity contribution is 0.280. The lowest BCUT2D eigenvalue weighted by Crippen LogP contribution is -2.34. The SMILES string of the molecule is Cc1cc(C)c(C(N(C)CCCN(C)C)P(C2CCCCC2)C2CCCCC2)c(C)c1. The molecule has 2 aliphatic rings. The predicted octanol–water partition coefficient (Wildman–Crippen LogP) is 7.64. The van der Waals surface area contributed by atoms with Crippen LogP contribution in [0, 0.1) is 20.8 Å². The minimum Gasteiger partial charge on any atom is -0.309 e. The van der Waals surface area contributed by atoms with Gasteiger partial charge >= 0.3 is 0 Å². The van der Waals surface area contributed by atoms with Gasteiger partial charge in [-0.05, 0) is 115 Å². The standard InChI is InChI=1S/C28H49N2P/c1-22-20-23(2)27(24(3)21-22)28(30(6)19-13-18-29(4)5)31(25-14-9-7-10-15-25)26-16-11-8-12-17-26/h20-21,25-26,28H,7-19H2,1-6H3. The van der Waals surface area contributed by atoms with Crippen molar-refractivity contribution in [1.29, 1.82) is 0 Å². The summed E-state index contributed by atoms with van der Waals surface area (Å²) >= 11 is 0. The molecular formula is C28H49N2P. The van der Waals surface area contributed by atoms with Crippen molar-refractivity contribution in [2.75, 3.05) is 34.2 Å². The van der Waals surface area contributed by atoms with E-state index >= 15 is 0 Å². The van der Waals surface area contributed by atoms with Crippen LogP contribution < -0.4 is 0 Å². The van der Waals surface area contributed by atoms with E-state index in [0.717, 1.165) is 11.3 Å². The first-order chi connectivity index (χ1) is 14.9. The van der Waals surface area contributed by atoms with Gasteiger partial charge < -0.3 is 4.90 Å². The molecule has 0 aliphatic heterocycles. The van der Waals surface area contributed by atoms with Gasteiger partial charge in [0.1, 0.15) is 0 Å². The highest BCUT2D eigenvalue weighted by atomic mass is 31.1. The number of rotatable bonds is 9. The minimum atomic E-state index is -0.0377. The molecule has 2 aliphatic carbocycles. The Balaban J connectivity index is 2.00. The molecule has 0 N–H and O–H groups in total. The second kappa shape index (κ2) is 12.2. The molecule has 0 heterocycles. The van der Waals surface area contributed by atoms with Gasteiger partial charge in [0.05, 0.1) is 5.78 Å². The molecule has 1 unspecified atom stereocenters. The zero-order chi connectivity index (χ0) is 22.4. The van der Waals surface area contributed by atoms with Crippen molar-refractivity contribution in [3.63, 3.8) is 0 Å². The van der Waals surface area contributed by atoms with Crippen LogP contribution in [0.15, 0.2) is 12.1 Å². The van der Waals surface area contributed by atoms with E-state index in [1.54, 1.807) is 16.7 Å². The third kappa shape index (κ3) is 6.78. The molecule has 3 heteroatoms. The largest absolute Gasteiger partial charge is 0.309 e. The van der Waals surface area contributed by atoms with Crippen molar-refractivity contribution in [3.05, 3.63) is 34.4 Å². The molecule has 0 amide bonds. The highest BCUT2D eigenvalue weighted by Gasteiger charge is 2.39. The first-order valence-electron chi connectivity index (χ1n) is 13.1. The van der Waals surface area contributed by atoms with Crippen LogP contribution in [-0.2, 0) is 0 Å². The zero-order valence-electron chi connectivity index (χ0n) is 21.4. The van der Waals surface area contributed by atoms with Crippen LogP contribution in [0.4, 0.5) is 0 Å². The molecule has 1 atom stereocenters. The molecule has 1 aromatic carbocycles. The first-order valence-corrected chi connectivity index (χ1v) is 14.6. The average molecular weight is 445 g/mol. The molecule has 2 saturated carbocycles. The van der Waals surface area contributed by atoms with Gasteiger partial charge in [-0.3, -0.25) is 4.90 Å². The summed E-state index contributed by atoms with van der Waals surface area (Å²) in [5.74, 6) is 0.643. The zero-order valence-corrected chi connectivity index (χ0v) is 22.3. The minimum absolute atomic E-state index is 0.0377. The summed E-state index contributed by atoms with van der Waals surface area (Å²) in [5, 5.41) is 0. The van der Waals surface area contributed by atoms with Gasteiger partial charge in [0.25, 0.3) is 0 Å². The van der Waals surface area contributed by atoms with Gasteiger partial charge in [-0.1, -0.05) is 64.1 Å². The van der Waals surface area contributed by atoms with Crippen molar-refractivity contribution < 1.29 is 0 Å². The van der Waals surface area contributed by atoms with E-state index in [9.17, 15) is 0 Å². The molecule has 0 spiro atoms. The Hall–Kier alpha value is -0.430. The predicted molar refractivity (Wildman–Crippen MR) is 140 cm³/mol. The fraction of sp³-hybridized carbons (Fsp3) is 0.786. The van der Waals surface area contributed by atoms with Crippen molar-refractivity contribution in [1.82, 2.24) is 9.80 Å². The molecule has 2 fully saturated rings. The molecule has 0 saturated heterocycles. The van der Waals surface area contributed by atoms with Crippen LogP contribution in [-0.4, -0.2) is 55.4 Å². The summed E-state index contributed by atoms with van der Waals surface area (Å²) in [4.78, 5) is 5.15. The molecule has 2 nitrogen and oxygen atoms in total. The van der Waals surface area contributed by atoms with Crippen LogP contribution in [0.5, 0.6) is 0 Å². The molecule has 0 bridgehead atoms. The Kier molecular flexibility index (Phi) is 9.88. The van der Waals surface area contributed by atoms with Crippen LogP contribution >= 0.6 is 7.92 Å². The third-order valence-electron chi connectivity index (χ3n) is 7.80. The first kappa shape index (κ1) is 25.2. The summed E-state index contributed by atoms with van der Waals surface area (Å²) in [6.07, 6.45) is 16.1. The highest BCUT2D eigenvalue weighted by Crippen LogP contribution is 2.65. The monoisotopic (exact) mass is 444 g/mol. The van der Waals surface area contributed by atoms with Crippen molar-refractivity contribution in [2.24, 2.45) is 0 Å². The Morgan fingerprint density at radius 2 is 1.26 bits per heavy atom. The maximum Gasteiger partial charge on any atom is 0.0554 e. The van der Waals surface area contributed by atoms with E-state index in [1.165, 1.54) is 89.3 Å². The number of nitrogens with zero attached hydrogens (tertiary/aromatic N) is 2. The maximum atomic E-state index is 2.81. The molecule has 31 heavy (non-hydrogen) atoms. The maximum absolute atomic E-state index is 2.81. The number of aryl methyl sites for hydroxylation is 3.